The first-order valence-electron chi connectivity index (χ1n) is 9.94. The van der Waals surface area contributed by atoms with Gasteiger partial charge in [-0.2, -0.15) is 0 Å². The zero-order chi connectivity index (χ0) is 18.3. The first kappa shape index (κ1) is 18.7. The maximum absolute atomic E-state index is 5.52. The molecule has 0 bridgehead atoms. The highest BCUT2D eigenvalue weighted by molar-refractivity contribution is 7.98. The van der Waals surface area contributed by atoms with E-state index in [9.17, 15) is 0 Å². The number of thioether (sulfide) groups is 1. The van der Waals surface area contributed by atoms with Crippen molar-refractivity contribution >= 4 is 17.6 Å². The zero-order valence-electron chi connectivity index (χ0n) is 15.8. The van der Waals surface area contributed by atoms with Crippen LogP contribution in [0.5, 0.6) is 0 Å². The molecule has 1 aromatic heterocycles. The molecule has 144 valence electrons. The van der Waals surface area contributed by atoms with Crippen LogP contribution in [0.15, 0.2) is 47.8 Å². The smallest absolute Gasteiger partial charge is 0.148 e. The molecule has 2 saturated heterocycles. The molecule has 0 amide bonds. The maximum Gasteiger partial charge on any atom is 0.148 e. The van der Waals surface area contributed by atoms with Gasteiger partial charge in [0.05, 0.1) is 12.4 Å². The van der Waals surface area contributed by atoms with Gasteiger partial charge in [-0.1, -0.05) is 30.3 Å². The third-order valence-electron chi connectivity index (χ3n) is 5.39. The number of anilines is 1. The lowest BCUT2D eigenvalue weighted by molar-refractivity contribution is 0.0365. The number of rotatable bonds is 5. The first-order chi connectivity index (χ1) is 13.4. The van der Waals surface area contributed by atoms with Gasteiger partial charge >= 0.3 is 0 Å². The molecule has 0 saturated carbocycles. The number of hydrogen-bond acceptors (Lipinski definition) is 6. The lowest BCUT2D eigenvalue weighted by Gasteiger charge is -2.33. The maximum atomic E-state index is 5.52. The molecular formula is C21H28N4OS. The summed E-state index contributed by atoms with van der Waals surface area (Å²) in [6.45, 7) is 6.19. The van der Waals surface area contributed by atoms with E-state index in [-0.39, 0.29) is 0 Å². The molecule has 6 heteroatoms. The molecule has 4 rings (SSSR count). The minimum absolute atomic E-state index is 0.692. The van der Waals surface area contributed by atoms with E-state index in [0.717, 1.165) is 49.4 Å². The Balaban J connectivity index is 1.35. The standard InChI is InChI=1S/C21H28N4OS/c1-2-5-18(6-3-1)17-27-21-16-22-15-20(23-21)25-10-4-9-24(11-12-25)19-7-13-26-14-8-19/h1-3,5-6,15-16,19H,4,7-14,17H2. The Kier molecular flexibility index (Phi) is 6.61. The van der Waals surface area contributed by atoms with Crippen molar-refractivity contribution in [1.82, 2.24) is 14.9 Å². The molecule has 0 radical (unpaired) electrons. The van der Waals surface area contributed by atoms with Gasteiger partial charge < -0.3 is 9.64 Å². The van der Waals surface area contributed by atoms with Crippen molar-refractivity contribution in [2.75, 3.05) is 44.3 Å². The summed E-state index contributed by atoms with van der Waals surface area (Å²) in [5.41, 5.74) is 1.32. The second kappa shape index (κ2) is 9.53. The number of ether oxygens (including phenoxy) is 1. The summed E-state index contributed by atoms with van der Waals surface area (Å²) in [4.78, 5) is 14.4. The summed E-state index contributed by atoms with van der Waals surface area (Å²) >= 11 is 1.76. The van der Waals surface area contributed by atoms with Crippen molar-refractivity contribution in [2.45, 2.75) is 36.1 Å². The second-order valence-electron chi connectivity index (χ2n) is 7.21. The van der Waals surface area contributed by atoms with Gasteiger partial charge in [-0.15, -0.1) is 11.8 Å². The van der Waals surface area contributed by atoms with Crippen LogP contribution in [-0.2, 0) is 10.5 Å². The predicted octanol–water partition coefficient (Wildman–Crippen LogP) is 3.46. The van der Waals surface area contributed by atoms with Gasteiger partial charge in [0.25, 0.3) is 0 Å². The van der Waals surface area contributed by atoms with Crippen LogP contribution in [0.2, 0.25) is 0 Å². The van der Waals surface area contributed by atoms with Gasteiger partial charge in [0.2, 0.25) is 0 Å². The summed E-state index contributed by atoms with van der Waals surface area (Å²) in [6, 6.07) is 11.2. The predicted molar refractivity (Wildman–Crippen MR) is 110 cm³/mol. The fraction of sp³-hybridized carbons (Fsp3) is 0.524. The Bertz CT molecular complexity index is 708. The SMILES string of the molecule is c1ccc(CSc2cncc(N3CCCN(C4CCOCC4)CC3)n2)cc1. The van der Waals surface area contributed by atoms with Gasteiger partial charge in [0.15, 0.2) is 0 Å². The summed E-state index contributed by atoms with van der Waals surface area (Å²) in [7, 11) is 0. The summed E-state index contributed by atoms with van der Waals surface area (Å²) in [5.74, 6) is 1.94. The van der Waals surface area contributed by atoms with Gasteiger partial charge in [-0.05, 0) is 24.8 Å². The van der Waals surface area contributed by atoms with Crippen LogP contribution in [-0.4, -0.2) is 60.3 Å². The third kappa shape index (κ3) is 5.21. The minimum Gasteiger partial charge on any atom is -0.381 e. The third-order valence-corrected chi connectivity index (χ3v) is 6.36. The molecule has 3 heterocycles. The van der Waals surface area contributed by atoms with E-state index in [1.54, 1.807) is 11.8 Å². The monoisotopic (exact) mass is 384 g/mol. The second-order valence-corrected chi connectivity index (χ2v) is 8.21. The molecule has 0 unspecified atom stereocenters. The molecule has 0 atom stereocenters. The van der Waals surface area contributed by atoms with Crippen molar-refractivity contribution < 1.29 is 4.74 Å². The topological polar surface area (TPSA) is 41.5 Å². The molecule has 27 heavy (non-hydrogen) atoms. The van der Waals surface area contributed by atoms with Crippen LogP contribution in [0.1, 0.15) is 24.8 Å². The molecule has 1 aromatic carbocycles. The lowest BCUT2D eigenvalue weighted by Crippen LogP contribution is -2.41. The van der Waals surface area contributed by atoms with Crippen molar-refractivity contribution in [3.05, 3.63) is 48.3 Å². The molecule has 0 N–H and O–H groups in total. The normalized spacial score (nSPS) is 19.8. The van der Waals surface area contributed by atoms with Crippen LogP contribution in [0, 0.1) is 0 Å². The van der Waals surface area contributed by atoms with Crippen molar-refractivity contribution in [1.29, 1.82) is 0 Å². The molecule has 0 spiro atoms. The summed E-state index contributed by atoms with van der Waals surface area (Å²) < 4.78 is 5.52. The Labute approximate surface area is 166 Å². The van der Waals surface area contributed by atoms with Crippen molar-refractivity contribution in [3.63, 3.8) is 0 Å². The number of aromatic nitrogens is 2. The summed E-state index contributed by atoms with van der Waals surface area (Å²) in [5, 5.41) is 1.00. The van der Waals surface area contributed by atoms with Gasteiger partial charge in [-0.3, -0.25) is 9.88 Å². The quantitative estimate of drug-likeness (QED) is 0.736. The average molecular weight is 385 g/mol. The van der Waals surface area contributed by atoms with E-state index < -0.39 is 0 Å². The Morgan fingerprint density at radius 1 is 1.00 bits per heavy atom. The van der Waals surface area contributed by atoms with Gasteiger partial charge in [0.1, 0.15) is 10.8 Å². The Morgan fingerprint density at radius 2 is 1.85 bits per heavy atom. The minimum atomic E-state index is 0.692. The van der Waals surface area contributed by atoms with Gasteiger partial charge in [0, 0.05) is 51.2 Å². The van der Waals surface area contributed by atoms with E-state index >= 15 is 0 Å². The first-order valence-corrected chi connectivity index (χ1v) is 10.9. The largest absolute Gasteiger partial charge is 0.381 e. The Morgan fingerprint density at radius 3 is 2.70 bits per heavy atom. The zero-order valence-corrected chi connectivity index (χ0v) is 16.6. The van der Waals surface area contributed by atoms with Crippen LogP contribution >= 0.6 is 11.8 Å². The van der Waals surface area contributed by atoms with E-state index in [1.807, 2.05) is 12.4 Å². The molecular weight excluding hydrogens is 356 g/mol. The van der Waals surface area contributed by atoms with Crippen LogP contribution in [0.4, 0.5) is 5.82 Å². The molecule has 0 aliphatic carbocycles. The van der Waals surface area contributed by atoms with Crippen LogP contribution in [0.3, 0.4) is 0 Å². The molecule has 2 aliphatic rings. The van der Waals surface area contributed by atoms with Crippen LogP contribution in [0.25, 0.3) is 0 Å². The number of benzene rings is 1. The Hall–Kier alpha value is -1.63. The lowest BCUT2D eigenvalue weighted by atomic mass is 10.1. The average Bonchev–Trinajstić information content (AvgIpc) is 3.00. The number of nitrogens with zero attached hydrogens (tertiary/aromatic N) is 4. The van der Waals surface area contributed by atoms with Crippen molar-refractivity contribution in [2.24, 2.45) is 0 Å². The van der Waals surface area contributed by atoms with E-state index in [1.165, 1.54) is 31.4 Å². The fourth-order valence-electron chi connectivity index (χ4n) is 3.87. The summed E-state index contributed by atoms with van der Waals surface area (Å²) in [6.07, 6.45) is 7.32. The molecule has 2 aromatic rings. The molecule has 2 fully saturated rings. The van der Waals surface area contributed by atoms with E-state index in [0.29, 0.717) is 6.04 Å². The fourth-order valence-corrected chi connectivity index (χ4v) is 4.67. The number of hydrogen-bond donors (Lipinski definition) is 0. The molecule has 5 nitrogen and oxygen atoms in total. The van der Waals surface area contributed by atoms with Crippen molar-refractivity contribution in [3.8, 4) is 0 Å². The highest BCUT2D eigenvalue weighted by atomic mass is 32.2. The van der Waals surface area contributed by atoms with E-state index in [4.69, 9.17) is 9.72 Å². The van der Waals surface area contributed by atoms with Crippen LogP contribution < -0.4 is 4.90 Å². The molecule has 2 aliphatic heterocycles. The highest BCUT2D eigenvalue weighted by Crippen LogP contribution is 2.23. The van der Waals surface area contributed by atoms with E-state index in [2.05, 4.69) is 45.1 Å². The highest BCUT2D eigenvalue weighted by Gasteiger charge is 2.24. The van der Waals surface area contributed by atoms with Gasteiger partial charge in [-0.25, -0.2) is 4.98 Å².